The number of Topliss-reactive ketones (excluding diaryl/α,β-unsaturated/α-hetero) is 1. The highest BCUT2D eigenvalue weighted by Gasteiger charge is 2.36. The molecule has 2 heterocycles. The topological polar surface area (TPSA) is 147 Å². The summed E-state index contributed by atoms with van der Waals surface area (Å²) in [6, 6.07) is 10.3. The second-order valence-corrected chi connectivity index (χ2v) is 12.3. The van der Waals surface area contributed by atoms with Crippen molar-refractivity contribution >= 4 is 34.5 Å². The summed E-state index contributed by atoms with van der Waals surface area (Å²) in [5.74, 6) is -3.25. The Morgan fingerprint density at radius 3 is 2.49 bits per heavy atom. The van der Waals surface area contributed by atoms with Crippen LogP contribution in [0, 0.1) is 0 Å². The zero-order valence-corrected chi connectivity index (χ0v) is 27.5. The maximum atomic E-state index is 13.2. The zero-order valence-electron chi connectivity index (χ0n) is 26.7. The fourth-order valence-electron chi connectivity index (χ4n) is 4.93. The molecule has 4 rings (SSSR count). The van der Waals surface area contributed by atoms with Gasteiger partial charge in [-0.15, -0.1) is 11.8 Å². The molecule has 2 aromatic heterocycles. The smallest absolute Gasteiger partial charge is 0.449 e. The fourth-order valence-corrected chi connectivity index (χ4v) is 6.00. The predicted molar refractivity (Wildman–Crippen MR) is 177 cm³/mol. The molecule has 9 nitrogen and oxygen atoms in total. The number of carbonyl (C=O) groups is 2. The van der Waals surface area contributed by atoms with E-state index in [1.807, 2.05) is 13.0 Å². The van der Waals surface area contributed by atoms with Gasteiger partial charge >= 0.3 is 12.1 Å². The highest BCUT2D eigenvalue weighted by atomic mass is 32.2. The second kappa shape index (κ2) is 16.6. The Morgan fingerprint density at radius 1 is 1.04 bits per heavy atom. The van der Waals surface area contributed by atoms with Crippen LogP contribution in [0.3, 0.4) is 0 Å². The first-order chi connectivity index (χ1) is 23.3. The van der Waals surface area contributed by atoms with E-state index in [2.05, 4.69) is 0 Å². The third kappa shape index (κ3) is 9.67. The molecule has 0 saturated carbocycles. The first-order valence-corrected chi connectivity index (χ1v) is 16.3. The number of hydrogen-bond donors (Lipinski definition) is 3. The molecule has 0 spiro atoms. The van der Waals surface area contributed by atoms with E-state index in [1.165, 1.54) is 19.1 Å². The third-order valence-electron chi connectivity index (χ3n) is 7.38. The molecule has 49 heavy (non-hydrogen) atoms. The van der Waals surface area contributed by atoms with Gasteiger partial charge in [0.05, 0.1) is 22.8 Å². The van der Waals surface area contributed by atoms with Crippen molar-refractivity contribution in [1.29, 1.82) is 0 Å². The van der Waals surface area contributed by atoms with E-state index in [4.69, 9.17) is 13.6 Å². The lowest BCUT2D eigenvalue weighted by Crippen LogP contribution is -2.12. The number of carbonyl (C=O) groups excluding carboxylic acids is 1. The number of aliphatic hydroxyl groups is 1. The maximum absolute atomic E-state index is 13.2. The summed E-state index contributed by atoms with van der Waals surface area (Å²) in [7, 11) is 0. The van der Waals surface area contributed by atoms with Crippen LogP contribution in [0.2, 0.25) is 0 Å². The van der Waals surface area contributed by atoms with E-state index in [0.29, 0.717) is 42.1 Å². The number of ketones is 1. The lowest BCUT2D eigenvalue weighted by Gasteiger charge is -2.18. The summed E-state index contributed by atoms with van der Waals surface area (Å²) in [6.07, 6.45) is 4.09. The molecule has 0 aliphatic heterocycles. The van der Waals surface area contributed by atoms with Gasteiger partial charge in [-0.2, -0.15) is 13.2 Å². The number of halogens is 3. The van der Waals surface area contributed by atoms with Gasteiger partial charge in [0.2, 0.25) is 11.5 Å². The minimum atomic E-state index is -4.73. The predicted octanol–water partition coefficient (Wildman–Crippen LogP) is 8.52. The van der Waals surface area contributed by atoms with Gasteiger partial charge in [0.1, 0.15) is 28.9 Å². The van der Waals surface area contributed by atoms with Crippen LogP contribution in [0.5, 0.6) is 11.5 Å². The molecule has 0 fully saturated rings. The first-order valence-electron chi connectivity index (χ1n) is 15.4. The number of aromatic carboxylic acids is 1. The molecule has 2 aromatic carbocycles. The summed E-state index contributed by atoms with van der Waals surface area (Å²) in [5.41, 5.74) is 0.317. The number of phenols is 1. The van der Waals surface area contributed by atoms with Crippen molar-refractivity contribution in [3.63, 3.8) is 0 Å². The average molecular weight is 701 g/mol. The molecule has 0 bridgehead atoms. The monoisotopic (exact) mass is 700 g/mol. The van der Waals surface area contributed by atoms with Crippen molar-refractivity contribution in [2.45, 2.75) is 68.4 Å². The standard InChI is InChI=1S/C36H35F3O9S/c1-3-10-25-27(15-14-23(21(2)40)33(25)42)46-18-9-7-5-4-6-8-11-31(34(43)28-16-17-32(48-28)36(37,38)39)49-22-12-13-24-26(41)20-30(35(44)45)47-29(24)19-22/h4,6,8,11-17,19-20,31,34,42-43H,3,5,7,9-10,18H2,1-2H3,(H,44,45)/b6-4-,11-8+/t31-,34+/m0/s1. The third-order valence-corrected chi connectivity index (χ3v) is 8.60. The number of aliphatic hydroxyl groups excluding tert-OH is 1. The fraction of sp³-hybridized carbons (Fsp3) is 0.306. The van der Waals surface area contributed by atoms with E-state index >= 15 is 0 Å². The van der Waals surface area contributed by atoms with Crippen molar-refractivity contribution < 1.29 is 51.7 Å². The van der Waals surface area contributed by atoms with Gasteiger partial charge in [-0.05, 0) is 75.1 Å². The number of carboxylic acid groups (broad SMARTS) is 1. The van der Waals surface area contributed by atoms with Crippen molar-refractivity contribution in [1.82, 2.24) is 0 Å². The molecule has 0 saturated heterocycles. The van der Waals surface area contributed by atoms with Crippen LogP contribution in [-0.4, -0.2) is 38.9 Å². The van der Waals surface area contributed by atoms with E-state index in [9.17, 15) is 42.9 Å². The Hall–Kier alpha value is -4.75. The number of aromatic hydroxyl groups is 1. The van der Waals surface area contributed by atoms with Crippen LogP contribution in [0.4, 0.5) is 13.2 Å². The second-order valence-electron chi connectivity index (χ2n) is 11.1. The first kappa shape index (κ1) is 37.1. The Bertz CT molecular complexity index is 1910. The Kier molecular flexibility index (Phi) is 12.5. The number of carboxylic acids is 1. The van der Waals surface area contributed by atoms with Gasteiger partial charge in [-0.1, -0.05) is 37.6 Å². The number of allylic oxidation sites excluding steroid dienone is 3. The van der Waals surface area contributed by atoms with Gasteiger partial charge in [0, 0.05) is 16.5 Å². The SMILES string of the molecule is CCCc1c(OCCCC/C=C\C=C\[C@H](Sc2ccc3c(=O)cc(C(=O)O)oc3c2)[C@H](O)c2ccc(C(F)(F)F)o2)ccc(C(C)=O)c1O. The molecule has 3 N–H and O–H groups in total. The van der Waals surface area contributed by atoms with Gasteiger partial charge in [-0.25, -0.2) is 4.79 Å². The molecule has 0 unspecified atom stereocenters. The van der Waals surface area contributed by atoms with Crippen LogP contribution in [0.25, 0.3) is 11.0 Å². The Balaban J connectivity index is 1.42. The van der Waals surface area contributed by atoms with Gasteiger partial charge in [0.15, 0.2) is 11.2 Å². The normalized spacial score (nSPS) is 13.3. The van der Waals surface area contributed by atoms with E-state index in [-0.39, 0.29) is 33.8 Å². The molecular weight excluding hydrogens is 665 g/mol. The number of benzene rings is 2. The number of thioether (sulfide) groups is 1. The minimum Gasteiger partial charge on any atom is -0.507 e. The number of fused-ring (bicyclic) bond motifs is 1. The quantitative estimate of drug-likeness (QED) is 0.0450. The van der Waals surface area contributed by atoms with Crippen molar-refractivity contribution in [3.05, 3.63) is 111 Å². The Morgan fingerprint density at radius 2 is 1.82 bits per heavy atom. The molecule has 0 radical (unpaired) electrons. The van der Waals surface area contributed by atoms with E-state index in [0.717, 1.165) is 42.8 Å². The van der Waals surface area contributed by atoms with Crippen molar-refractivity contribution in [2.75, 3.05) is 6.61 Å². The summed E-state index contributed by atoms with van der Waals surface area (Å²) >= 11 is 1.05. The molecule has 0 aliphatic rings. The number of unbranched alkanes of at least 4 members (excludes halogenated alkanes) is 2. The number of furan rings is 1. The molecule has 2 atom stereocenters. The molecule has 4 aromatic rings. The van der Waals surface area contributed by atoms with Gasteiger partial charge in [0.25, 0.3) is 0 Å². The average Bonchev–Trinajstić information content (AvgIpc) is 3.56. The number of rotatable bonds is 16. The number of phenolic OH excluding ortho intramolecular Hbond substituents is 1. The van der Waals surface area contributed by atoms with E-state index < -0.39 is 40.4 Å². The van der Waals surface area contributed by atoms with Crippen LogP contribution >= 0.6 is 11.8 Å². The van der Waals surface area contributed by atoms with Crippen LogP contribution < -0.4 is 10.2 Å². The summed E-state index contributed by atoms with van der Waals surface area (Å²) in [6.45, 7) is 3.76. The zero-order chi connectivity index (χ0) is 35.7. The van der Waals surface area contributed by atoms with E-state index in [1.54, 1.807) is 36.4 Å². The summed E-state index contributed by atoms with van der Waals surface area (Å²) in [4.78, 5) is 35.9. The largest absolute Gasteiger partial charge is 0.507 e. The van der Waals surface area contributed by atoms with Gasteiger partial charge in [-0.3, -0.25) is 9.59 Å². The molecule has 0 amide bonds. The van der Waals surface area contributed by atoms with Crippen LogP contribution in [-0.2, 0) is 12.6 Å². The Labute approximate surface area is 283 Å². The van der Waals surface area contributed by atoms with Crippen molar-refractivity contribution in [3.8, 4) is 11.5 Å². The van der Waals surface area contributed by atoms with Crippen molar-refractivity contribution in [2.24, 2.45) is 0 Å². The van der Waals surface area contributed by atoms with Gasteiger partial charge < -0.3 is 28.9 Å². The molecule has 0 aliphatic carbocycles. The van der Waals surface area contributed by atoms with Crippen LogP contribution in [0.15, 0.2) is 91.4 Å². The number of ether oxygens (including phenoxy) is 1. The molecule has 260 valence electrons. The summed E-state index contributed by atoms with van der Waals surface area (Å²) in [5, 5.41) is 30.1. The highest BCUT2D eigenvalue weighted by Crippen LogP contribution is 2.38. The summed E-state index contributed by atoms with van der Waals surface area (Å²) < 4.78 is 55.6. The lowest BCUT2D eigenvalue weighted by molar-refractivity contribution is -0.153. The lowest BCUT2D eigenvalue weighted by atomic mass is 10.0. The molecule has 13 heteroatoms. The number of alkyl halides is 3. The number of hydrogen-bond acceptors (Lipinski definition) is 9. The molecular formula is C36H35F3O9S. The maximum Gasteiger partial charge on any atom is 0.449 e. The minimum absolute atomic E-state index is 0.000171. The van der Waals surface area contributed by atoms with Crippen LogP contribution in [0.1, 0.15) is 83.6 Å². The highest BCUT2D eigenvalue weighted by molar-refractivity contribution is 8.00.